The van der Waals surface area contributed by atoms with Gasteiger partial charge >= 0.3 is 12.2 Å². The molecule has 0 unspecified atom stereocenters. The minimum Gasteiger partial charge on any atom is -0.443 e. The van der Waals surface area contributed by atoms with E-state index in [0.29, 0.717) is 22.4 Å². The zero-order valence-corrected chi connectivity index (χ0v) is 22.8. The topological polar surface area (TPSA) is 130 Å². The standard InChI is InChI=1S/C27H33N7O4/c1-15-12-33-19(11-10-18(28)21(33)31-15)17-13-32(16-8-9-16)22-20(17)23(30-14-29-22)34(24(35)37-26(2,3)4)25(36)38-27(5,6)7/h10-14,16H,8-9,28H2,1-7H3. The van der Waals surface area contributed by atoms with E-state index in [0.717, 1.165) is 34.7 Å². The minimum absolute atomic E-state index is 0.0784. The molecular weight excluding hydrogens is 486 g/mol. The molecule has 0 aliphatic heterocycles. The molecule has 0 radical (unpaired) electrons. The summed E-state index contributed by atoms with van der Waals surface area (Å²) in [6, 6.07) is 3.94. The van der Waals surface area contributed by atoms with Crippen LogP contribution < -0.4 is 10.6 Å². The summed E-state index contributed by atoms with van der Waals surface area (Å²) >= 11 is 0. The molecule has 1 saturated carbocycles. The predicted molar refractivity (Wildman–Crippen MR) is 144 cm³/mol. The summed E-state index contributed by atoms with van der Waals surface area (Å²) in [5, 5.41) is 0.522. The van der Waals surface area contributed by atoms with E-state index in [1.165, 1.54) is 6.33 Å². The summed E-state index contributed by atoms with van der Waals surface area (Å²) in [7, 11) is 0. The zero-order valence-electron chi connectivity index (χ0n) is 22.8. The molecule has 5 rings (SSSR count). The Bertz CT molecular complexity index is 1540. The molecule has 1 fully saturated rings. The normalized spacial score (nSPS) is 14.2. The molecule has 0 bridgehead atoms. The number of rotatable bonds is 3. The van der Waals surface area contributed by atoms with Crippen molar-refractivity contribution in [3.8, 4) is 11.3 Å². The van der Waals surface area contributed by atoms with Crippen molar-refractivity contribution in [2.45, 2.75) is 78.6 Å². The van der Waals surface area contributed by atoms with Crippen LogP contribution in [0, 0.1) is 6.92 Å². The number of anilines is 2. The van der Waals surface area contributed by atoms with Crippen molar-refractivity contribution in [2.75, 3.05) is 10.6 Å². The van der Waals surface area contributed by atoms with Gasteiger partial charge in [0.1, 0.15) is 23.2 Å². The molecule has 0 atom stereocenters. The van der Waals surface area contributed by atoms with Gasteiger partial charge in [-0.3, -0.25) is 4.40 Å². The highest BCUT2D eigenvalue weighted by Crippen LogP contribution is 2.43. The second kappa shape index (κ2) is 8.71. The lowest BCUT2D eigenvalue weighted by Gasteiger charge is -2.28. The number of pyridine rings is 1. The number of fused-ring (bicyclic) bond motifs is 2. The average molecular weight is 520 g/mol. The van der Waals surface area contributed by atoms with Gasteiger partial charge in [0.25, 0.3) is 0 Å². The van der Waals surface area contributed by atoms with Gasteiger partial charge in [0.05, 0.1) is 22.5 Å². The monoisotopic (exact) mass is 519 g/mol. The van der Waals surface area contributed by atoms with E-state index < -0.39 is 23.4 Å². The molecule has 4 aromatic heterocycles. The molecular formula is C27H33N7O4. The smallest absolute Gasteiger partial charge is 0.425 e. The van der Waals surface area contributed by atoms with E-state index >= 15 is 0 Å². The van der Waals surface area contributed by atoms with Crippen LogP contribution in [0.2, 0.25) is 0 Å². The summed E-state index contributed by atoms with van der Waals surface area (Å²) in [5.74, 6) is 0.0784. The van der Waals surface area contributed by atoms with Crippen molar-refractivity contribution < 1.29 is 19.1 Å². The van der Waals surface area contributed by atoms with Crippen LogP contribution in [0.15, 0.2) is 30.9 Å². The van der Waals surface area contributed by atoms with Gasteiger partial charge in [-0.1, -0.05) is 0 Å². The summed E-state index contributed by atoms with van der Waals surface area (Å²) < 4.78 is 15.2. The number of hydrogen-bond acceptors (Lipinski definition) is 8. The number of nitrogens with zero attached hydrogens (tertiary/aromatic N) is 6. The molecule has 0 saturated heterocycles. The maximum Gasteiger partial charge on any atom is 0.425 e. The number of hydrogen-bond donors (Lipinski definition) is 1. The number of imide groups is 1. The highest BCUT2D eigenvalue weighted by atomic mass is 16.6. The number of aromatic nitrogens is 5. The third-order valence-corrected chi connectivity index (χ3v) is 5.93. The lowest BCUT2D eigenvalue weighted by atomic mass is 10.1. The first-order valence-electron chi connectivity index (χ1n) is 12.6. The first-order chi connectivity index (χ1) is 17.7. The first kappa shape index (κ1) is 25.5. The Morgan fingerprint density at radius 3 is 2.18 bits per heavy atom. The van der Waals surface area contributed by atoms with Gasteiger partial charge in [-0.15, -0.1) is 0 Å². The molecule has 11 nitrogen and oxygen atoms in total. The van der Waals surface area contributed by atoms with Crippen LogP contribution in [-0.2, 0) is 9.47 Å². The molecule has 0 aromatic carbocycles. The predicted octanol–water partition coefficient (Wildman–Crippen LogP) is 5.65. The van der Waals surface area contributed by atoms with E-state index in [9.17, 15) is 9.59 Å². The Labute approximate surface area is 220 Å². The Morgan fingerprint density at radius 1 is 0.974 bits per heavy atom. The summed E-state index contributed by atoms with van der Waals surface area (Å²) in [6.45, 7) is 12.3. The minimum atomic E-state index is -0.891. The van der Waals surface area contributed by atoms with Gasteiger partial charge in [-0.05, 0) is 73.4 Å². The molecule has 38 heavy (non-hydrogen) atoms. The van der Waals surface area contributed by atoms with Crippen LogP contribution in [0.4, 0.5) is 21.1 Å². The van der Waals surface area contributed by atoms with Gasteiger partial charge < -0.3 is 19.8 Å². The number of imidazole rings is 1. The van der Waals surface area contributed by atoms with Crippen LogP contribution >= 0.6 is 0 Å². The quantitative estimate of drug-likeness (QED) is 0.368. The number of carbonyl (C=O) groups excluding carboxylic acids is 2. The van der Waals surface area contributed by atoms with Crippen molar-refractivity contribution in [3.05, 3.63) is 36.5 Å². The highest BCUT2D eigenvalue weighted by Gasteiger charge is 2.37. The van der Waals surface area contributed by atoms with Gasteiger partial charge in [0.2, 0.25) is 0 Å². The SMILES string of the molecule is Cc1cn2c(-c3cn(C4CC4)c4ncnc(N(C(=O)OC(C)(C)C)C(=O)OC(C)(C)C)c34)ccc(N)c2n1. The molecule has 4 heterocycles. The Hall–Kier alpha value is -4.15. The molecule has 11 heteroatoms. The molecule has 2 N–H and O–H groups in total. The van der Waals surface area contributed by atoms with Gasteiger partial charge in [0, 0.05) is 24.0 Å². The van der Waals surface area contributed by atoms with Crippen molar-refractivity contribution in [3.63, 3.8) is 0 Å². The molecule has 0 spiro atoms. The molecule has 1 aliphatic rings. The second-order valence-corrected chi connectivity index (χ2v) is 11.6. The fraction of sp³-hybridized carbons (Fsp3) is 0.444. The van der Waals surface area contributed by atoms with Crippen LogP contribution in [0.25, 0.3) is 27.9 Å². The number of nitrogen functional groups attached to an aromatic ring is 1. The number of aryl methyl sites for hydroxylation is 1. The summed E-state index contributed by atoms with van der Waals surface area (Å²) in [4.78, 5) is 41.4. The van der Waals surface area contributed by atoms with Gasteiger partial charge in [-0.2, -0.15) is 4.90 Å². The number of ether oxygens (including phenoxy) is 2. The fourth-order valence-electron chi connectivity index (χ4n) is 4.35. The second-order valence-electron chi connectivity index (χ2n) is 11.6. The van der Waals surface area contributed by atoms with Gasteiger partial charge in [-0.25, -0.2) is 24.5 Å². The average Bonchev–Trinajstić information content (AvgIpc) is 3.43. The van der Waals surface area contributed by atoms with Crippen LogP contribution in [0.3, 0.4) is 0 Å². The highest BCUT2D eigenvalue weighted by molar-refractivity contribution is 6.16. The third kappa shape index (κ3) is 4.75. The number of amides is 2. The van der Waals surface area contributed by atoms with Crippen LogP contribution in [0.5, 0.6) is 0 Å². The van der Waals surface area contributed by atoms with Crippen LogP contribution in [0.1, 0.15) is 66.1 Å². The van der Waals surface area contributed by atoms with E-state index in [1.54, 1.807) is 47.6 Å². The molecule has 200 valence electrons. The van der Waals surface area contributed by atoms with Gasteiger partial charge in [0.15, 0.2) is 11.5 Å². The molecule has 2 amide bonds. The maximum absolute atomic E-state index is 13.5. The lowest BCUT2D eigenvalue weighted by molar-refractivity contribution is 0.0429. The zero-order chi connectivity index (χ0) is 27.6. The summed E-state index contributed by atoms with van der Waals surface area (Å²) in [6.07, 6.45) is 5.46. The first-order valence-corrected chi connectivity index (χ1v) is 12.6. The lowest BCUT2D eigenvalue weighted by Crippen LogP contribution is -2.44. The van der Waals surface area contributed by atoms with E-state index in [1.807, 2.05) is 29.8 Å². The van der Waals surface area contributed by atoms with E-state index in [2.05, 4.69) is 19.5 Å². The van der Waals surface area contributed by atoms with Crippen molar-refractivity contribution in [1.29, 1.82) is 0 Å². The maximum atomic E-state index is 13.5. The summed E-state index contributed by atoms with van der Waals surface area (Å²) in [5.41, 5.74) is 8.55. The Balaban J connectivity index is 1.79. The Kier molecular flexibility index (Phi) is 5.85. The van der Waals surface area contributed by atoms with Crippen molar-refractivity contribution >= 4 is 40.4 Å². The number of carbonyl (C=O) groups is 2. The third-order valence-electron chi connectivity index (χ3n) is 5.93. The van der Waals surface area contributed by atoms with Crippen molar-refractivity contribution in [2.24, 2.45) is 0 Å². The van der Waals surface area contributed by atoms with Crippen molar-refractivity contribution in [1.82, 2.24) is 23.9 Å². The van der Waals surface area contributed by atoms with E-state index in [4.69, 9.17) is 15.2 Å². The largest absolute Gasteiger partial charge is 0.443 e. The Morgan fingerprint density at radius 2 is 1.61 bits per heavy atom. The number of nitrogens with two attached hydrogens (primary N) is 1. The molecule has 1 aliphatic carbocycles. The fourth-order valence-corrected chi connectivity index (χ4v) is 4.35. The van der Waals surface area contributed by atoms with Crippen LogP contribution in [-0.4, -0.2) is 47.3 Å². The molecule has 4 aromatic rings. The van der Waals surface area contributed by atoms with E-state index in [-0.39, 0.29) is 11.9 Å².